The molecule has 8 fully saturated rings. The molecule has 0 spiro atoms. The van der Waals surface area contributed by atoms with E-state index < -0.39 is 158 Å². The molecule has 4 saturated heterocycles. The number of ether oxygens (including phenoxy) is 12. The first-order valence-electron chi connectivity index (χ1n) is 27.9. The Labute approximate surface area is 446 Å². The van der Waals surface area contributed by atoms with E-state index in [9.17, 15) is 50.4 Å². The Balaban J connectivity index is 0.847. The summed E-state index contributed by atoms with van der Waals surface area (Å²) in [5, 5.41) is 89.6. The Morgan fingerprint density at radius 1 is 0.671 bits per heavy atom. The molecule has 0 bridgehead atoms. The smallest absolute Gasteiger partial charge is 0.309 e. The Kier molecular flexibility index (Phi) is 18.7. The zero-order chi connectivity index (χ0) is 55.6. The van der Waals surface area contributed by atoms with Crippen LogP contribution in [-0.2, 0) is 66.4 Å². The first-order chi connectivity index (χ1) is 35.8. The van der Waals surface area contributed by atoms with Gasteiger partial charge in [0.2, 0.25) is 0 Å². The number of carbonyl (C=O) groups is 2. The molecule has 4 saturated carbocycles. The van der Waals surface area contributed by atoms with Crippen LogP contribution < -0.4 is 0 Å². The van der Waals surface area contributed by atoms with Gasteiger partial charge in [-0.2, -0.15) is 0 Å². The topological polar surface area (TPSA) is 307 Å². The van der Waals surface area contributed by atoms with Crippen LogP contribution in [0.15, 0.2) is 0 Å². The van der Waals surface area contributed by atoms with Crippen LogP contribution in [0.25, 0.3) is 0 Å². The van der Waals surface area contributed by atoms with Gasteiger partial charge in [0.25, 0.3) is 0 Å². The molecule has 22 heteroatoms. The SMILES string of the molecule is CC[C@@H](C)C(=O)O[C@@H](C)[C@]1(O)CC[C@]2(O)[C@@H]3CC[C@H]4C[C@@H](O[C@H]5C[C@H](O)[C@H](O[C@H]6C[C@@H](OC)[C@H](O[C@@H]7O[C@H](C)[C@@H](O[C@@H]8O[C@H](CO)[C@@H](O)[C@H](O)[C@H]8O)[C@H](OC)[C@H]7O)[C@@H](C)O6)[C@@H](C)O5)CC[C@]4(C)[C@@H]3C[C@@H](OC(C)=O)[C@]12C. The lowest BCUT2D eigenvalue weighted by atomic mass is 9.42. The molecule has 8 aliphatic rings. The van der Waals surface area contributed by atoms with Crippen molar-refractivity contribution in [3.05, 3.63) is 0 Å². The number of rotatable bonds is 16. The van der Waals surface area contributed by atoms with Gasteiger partial charge >= 0.3 is 11.9 Å². The minimum Gasteiger partial charge on any atom is -0.462 e. The van der Waals surface area contributed by atoms with Crippen LogP contribution in [0.3, 0.4) is 0 Å². The van der Waals surface area contributed by atoms with Gasteiger partial charge in [0, 0.05) is 34.0 Å². The molecule has 4 aliphatic heterocycles. The minimum atomic E-state index is -1.68. The number of aliphatic hydroxyl groups is 8. The van der Waals surface area contributed by atoms with Crippen LogP contribution >= 0.6 is 0 Å². The normalized spacial score (nSPS) is 51.4. The van der Waals surface area contributed by atoms with Gasteiger partial charge in [-0.15, -0.1) is 0 Å². The number of methoxy groups -OCH3 is 2. The zero-order valence-corrected chi connectivity index (χ0v) is 46.2. The predicted molar refractivity (Wildman–Crippen MR) is 263 cm³/mol. The van der Waals surface area contributed by atoms with Gasteiger partial charge in [0.1, 0.15) is 72.7 Å². The fourth-order valence-electron chi connectivity index (χ4n) is 15.2. The Bertz CT molecular complexity index is 1950. The van der Waals surface area contributed by atoms with E-state index in [0.717, 1.165) is 19.3 Å². The molecule has 0 amide bonds. The third-order valence-corrected chi connectivity index (χ3v) is 20.0. The summed E-state index contributed by atoms with van der Waals surface area (Å²) in [6, 6.07) is 0. The highest BCUT2D eigenvalue weighted by Gasteiger charge is 2.77. The summed E-state index contributed by atoms with van der Waals surface area (Å²) in [5.41, 5.74) is -4.57. The van der Waals surface area contributed by atoms with Crippen molar-refractivity contribution in [3.63, 3.8) is 0 Å². The van der Waals surface area contributed by atoms with Gasteiger partial charge in [-0.25, -0.2) is 0 Å². The van der Waals surface area contributed by atoms with E-state index in [0.29, 0.717) is 25.7 Å². The molecule has 4 heterocycles. The predicted octanol–water partition coefficient (Wildman–Crippen LogP) is 1.50. The van der Waals surface area contributed by atoms with Crippen molar-refractivity contribution in [3.8, 4) is 0 Å². The first kappa shape index (κ1) is 60.3. The van der Waals surface area contributed by atoms with Crippen molar-refractivity contribution in [2.45, 2.75) is 273 Å². The average Bonchev–Trinajstić information content (AvgIpc) is 3.87. The lowest BCUT2D eigenvalue weighted by molar-refractivity contribution is -0.373. The minimum absolute atomic E-state index is 0.0208. The van der Waals surface area contributed by atoms with E-state index in [1.165, 1.54) is 21.1 Å². The van der Waals surface area contributed by atoms with Crippen molar-refractivity contribution < 1.29 is 107 Å². The Morgan fingerprint density at radius 3 is 1.95 bits per heavy atom. The second-order valence-corrected chi connectivity index (χ2v) is 24.1. The molecule has 438 valence electrons. The van der Waals surface area contributed by atoms with Gasteiger partial charge in [-0.1, -0.05) is 27.7 Å². The highest BCUT2D eigenvalue weighted by molar-refractivity contribution is 5.72. The van der Waals surface area contributed by atoms with Gasteiger partial charge in [0.05, 0.1) is 60.2 Å². The van der Waals surface area contributed by atoms with E-state index in [-0.39, 0.29) is 60.9 Å². The van der Waals surface area contributed by atoms with E-state index in [1.54, 1.807) is 27.7 Å². The number of fused-ring (bicyclic) bond motifs is 5. The molecule has 22 nitrogen and oxygen atoms in total. The van der Waals surface area contributed by atoms with Crippen LogP contribution in [-0.4, -0.2) is 214 Å². The van der Waals surface area contributed by atoms with Gasteiger partial charge in [0.15, 0.2) is 25.2 Å². The molecule has 8 rings (SSSR count). The summed E-state index contributed by atoms with van der Waals surface area (Å²) in [5.74, 6) is -1.25. The molecule has 0 unspecified atom stereocenters. The maximum Gasteiger partial charge on any atom is 0.309 e. The molecule has 76 heavy (non-hydrogen) atoms. The highest BCUT2D eigenvalue weighted by atomic mass is 16.8. The zero-order valence-electron chi connectivity index (χ0n) is 46.2. The molecular weight excluding hydrogens is 1000 g/mol. The van der Waals surface area contributed by atoms with Crippen molar-refractivity contribution in [1.82, 2.24) is 0 Å². The van der Waals surface area contributed by atoms with E-state index in [2.05, 4.69) is 6.92 Å². The summed E-state index contributed by atoms with van der Waals surface area (Å²) in [6.45, 7) is 15.4. The standard InChI is InChI=1S/C54H90O22/c1-12-24(2)48(62)70-28(6)53(63)17-18-54(64)32-14-13-30-19-31(15-16-51(30,8)33(32)20-37(52(53,54)9)71-29(7)56)72-38-21-34(57)44(25(3)67-38)74-39-22-35(65-10)45(26(4)68-39)75-50-43(61)47(66-11)46(27(5)69-50)76-49-42(60)41(59)40(58)36(23-55)73-49/h24-28,30-47,49-50,55,57-61,63-64H,12-23H2,1-11H3/t24-,25-,26-,27-,28+,30+,31+,32-,33-,34+,35-,36-,37-,38+,39+,40-,41+,42-,43-,44-,45-,46-,47-,49+,50+,51+,52-,53-,54+/m1/s1. The van der Waals surface area contributed by atoms with Gasteiger partial charge in [-0.05, 0) is 109 Å². The summed E-state index contributed by atoms with van der Waals surface area (Å²) in [7, 11) is 2.87. The van der Waals surface area contributed by atoms with Gasteiger partial charge in [-0.3, -0.25) is 9.59 Å². The van der Waals surface area contributed by atoms with Crippen LogP contribution in [0.5, 0.6) is 0 Å². The van der Waals surface area contributed by atoms with Crippen LogP contribution in [0.4, 0.5) is 0 Å². The van der Waals surface area contributed by atoms with Crippen molar-refractivity contribution in [2.75, 3.05) is 20.8 Å². The molecular formula is C54H90O22. The highest BCUT2D eigenvalue weighted by Crippen LogP contribution is 2.71. The summed E-state index contributed by atoms with van der Waals surface area (Å²) in [6.07, 6.45) is -15.5. The van der Waals surface area contributed by atoms with Crippen molar-refractivity contribution in [2.24, 2.45) is 34.5 Å². The van der Waals surface area contributed by atoms with Crippen LogP contribution in [0.1, 0.15) is 133 Å². The molecule has 0 aromatic heterocycles. The molecule has 0 aromatic rings. The number of hydrogen-bond donors (Lipinski definition) is 8. The number of aliphatic hydroxyl groups excluding tert-OH is 6. The van der Waals surface area contributed by atoms with E-state index >= 15 is 0 Å². The first-order valence-corrected chi connectivity index (χ1v) is 27.9. The monoisotopic (exact) mass is 1090 g/mol. The number of esters is 2. The second-order valence-electron chi connectivity index (χ2n) is 24.1. The third kappa shape index (κ3) is 10.8. The fraction of sp³-hybridized carbons (Fsp3) is 0.963. The molecule has 0 radical (unpaired) electrons. The molecule has 4 aliphatic carbocycles. The average molecular weight is 1090 g/mol. The number of carbonyl (C=O) groups excluding carboxylic acids is 2. The summed E-state index contributed by atoms with van der Waals surface area (Å²) in [4.78, 5) is 25.8. The Morgan fingerprint density at radius 2 is 1.32 bits per heavy atom. The summed E-state index contributed by atoms with van der Waals surface area (Å²) >= 11 is 0. The number of hydrogen-bond acceptors (Lipinski definition) is 22. The largest absolute Gasteiger partial charge is 0.462 e. The lowest BCUT2D eigenvalue weighted by Gasteiger charge is -2.66. The lowest BCUT2D eigenvalue weighted by Crippen LogP contribution is -2.72. The third-order valence-electron chi connectivity index (χ3n) is 20.0. The molecule has 0 aromatic carbocycles. The maximum atomic E-state index is 13.1. The quantitative estimate of drug-likeness (QED) is 0.0802. The van der Waals surface area contributed by atoms with E-state index in [4.69, 9.17) is 56.8 Å². The fourth-order valence-corrected chi connectivity index (χ4v) is 15.2. The van der Waals surface area contributed by atoms with Crippen molar-refractivity contribution >= 4 is 11.9 Å². The Hall–Kier alpha value is -1.78. The molecule has 8 N–H and O–H groups in total. The van der Waals surface area contributed by atoms with Crippen LogP contribution in [0.2, 0.25) is 0 Å². The van der Waals surface area contributed by atoms with Gasteiger partial charge < -0.3 is 97.7 Å². The van der Waals surface area contributed by atoms with Crippen molar-refractivity contribution in [1.29, 1.82) is 0 Å². The molecule has 29 atom stereocenters. The second kappa shape index (κ2) is 23.6. The summed E-state index contributed by atoms with van der Waals surface area (Å²) < 4.78 is 73.3. The van der Waals surface area contributed by atoms with E-state index in [1.807, 2.05) is 20.8 Å². The maximum absolute atomic E-state index is 13.1. The van der Waals surface area contributed by atoms with Crippen LogP contribution in [0, 0.1) is 34.5 Å².